The number of nitrogens with zero attached hydrogens (tertiary/aromatic N) is 3. The summed E-state index contributed by atoms with van der Waals surface area (Å²) in [5, 5.41) is 0.661. The van der Waals surface area contributed by atoms with Gasteiger partial charge < -0.3 is 13.7 Å². The lowest BCUT2D eigenvalue weighted by Gasteiger charge is -2.21. The van der Waals surface area contributed by atoms with Crippen LogP contribution in [0.1, 0.15) is 23.6 Å². The third kappa shape index (κ3) is 5.15. The number of hydrogen-bond acceptors (Lipinski definition) is 5. The number of amides is 1. The number of oxazole rings is 1. The van der Waals surface area contributed by atoms with Gasteiger partial charge in [-0.25, -0.2) is 4.98 Å². The molecule has 1 aromatic carbocycles. The van der Waals surface area contributed by atoms with Crippen LogP contribution in [0.2, 0.25) is 5.02 Å². The maximum Gasteiger partial charge on any atom is 0.223 e. The van der Waals surface area contributed by atoms with Crippen molar-refractivity contribution in [1.29, 1.82) is 0 Å². The van der Waals surface area contributed by atoms with Crippen LogP contribution in [-0.4, -0.2) is 20.8 Å². The summed E-state index contributed by atoms with van der Waals surface area (Å²) >= 11 is 5.93. The highest BCUT2D eigenvalue weighted by Gasteiger charge is 2.17. The fourth-order valence-electron chi connectivity index (χ4n) is 3.08. The van der Waals surface area contributed by atoms with Crippen LogP contribution in [0.3, 0.4) is 0 Å². The molecule has 0 aliphatic carbocycles. The summed E-state index contributed by atoms with van der Waals surface area (Å²) in [6.07, 6.45) is 7.43. The average molecular weight is 422 g/mol. The van der Waals surface area contributed by atoms with Gasteiger partial charge in [-0.05, 0) is 48.0 Å². The molecule has 7 heteroatoms. The molecule has 0 saturated carbocycles. The molecule has 3 heterocycles. The van der Waals surface area contributed by atoms with Gasteiger partial charge in [0.25, 0.3) is 0 Å². The highest BCUT2D eigenvalue weighted by molar-refractivity contribution is 6.30. The number of hydrogen-bond donors (Lipinski definition) is 0. The normalized spacial score (nSPS) is 10.8. The van der Waals surface area contributed by atoms with Crippen LogP contribution in [0.4, 0.5) is 0 Å². The molecule has 0 saturated heterocycles. The number of carbonyl (C=O) groups is 1. The zero-order chi connectivity index (χ0) is 20.8. The van der Waals surface area contributed by atoms with Gasteiger partial charge in [0.1, 0.15) is 5.76 Å². The Kier molecular flexibility index (Phi) is 6.25. The number of carbonyl (C=O) groups excluding carboxylic acids is 1. The fourth-order valence-corrected chi connectivity index (χ4v) is 3.21. The lowest BCUT2D eigenvalue weighted by molar-refractivity contribution is -0.132. The van der Waals surface area contributed by atoms with Crippen LogP contribution in [0.15, 0.2) is 82.2 Å². The second-order valence-corrected chi connectivity index (χ2v) is 7.25. The van der Waals surface area contributed by atoms with E-state index in [1.165, 1.54) is 0 Å². The molecule has 0 atom stereocenters. The predicted molar refractivity (Wildman–Crippen MR) is 112 cm³/mol. The molecule has 0 fully saturated rings. The number of halogens is 1. The van der Waals surface area contributed by atoms with Crippen molar-refractivity contribution in [2.24, 2.45) is 0 Å². The molecule has 1 amide bonds. The molecule has 0 unspecified atom stereocenters. The number of rotatable bonds is 8. The zero-order valence-corrected chi connectivity index (χ0v) is 17.0. The molecule has 30 heavy (non-hydrogen) atoms. The molecule has 0 radical (unpaired) electrons. The smallest absolute Gasteiger partial charge is 0.223 e. The lowest BCUT2D eigenvalue weighted by Crippen LogP contribution is -2.30. The molecule has 152 valence electrons. The molecule has 6 nitrogen and oxygen atoms in total. The summed E-state index contributed by atoms with van der Waals surface area (Å²) in [4.78, 5) is 23.1. The Morgan fingerprint density at radius 3 is 2.63 bits per heavy atom. The van der Waals surface area contributed by atoms with Crippen LogP contribution in [0.5, 0.6) is 0 Å². The SMILES string of the molecule is O=C(CCc1ncc(-c2ccc(Cl)cc2)o1)N(Cc1cccnc1)Cc1ccco1. The first-order valence-corrected chi connectivity index (χ1v) is 9.95. The largest absolute Gasteiger partial charge is 0.467 e. The molecule has 0 spiro atoms. The van der Waals surface area contributed by atoms with Gasteiger partial charge in [-0.3, -0.25) is 9.78 Å². The number of furan rings is 1. The molecule has 0 aliphatic rings. The highest BCUT2D eigenvalue weighted by atomic mass is 35.5. The van der Waals surface area contributed by atoms with Crippen LogP contribution < -0.4 is 0 Å². The van der Waals surface area contributed by atoms with Crippen LogP contribution in [-0.2, 0) is 24.3 Å². The first kappa shape index (κ1) is 19.9. The second kappa shape index (κ2) is 9.41. The summed E-state index contributed by atoms with van der Waals surface area (Å²) in [6.45, 7) is 0.845. The Hall–Kier alpha value is -3.38. The van der Waals surface area contributed by atoms with E-state index in [0.717, 1.165) is 16.9 Å². The van der Waals surface area contributed by atoms with Crippen molar-refractivity contribution in [2.75, 3.05) is 0 Å². The van der Waals surface area contributed by atoms with E-state index in [1.807, 2.05) is 36.4 Å². The van der Waals surface area contributed by atoms with E-state index in [9.17, 15) is 4.79 Å². The summed E-state index contributed by atoms with van der Waals surface area (Å²) < 4.78 is 11.2. The van der Waals surface area contributed by atoms with Crippen molar-refractivity contribution in [3.05, 3.63) is 95.6 Å². The summed E-state index contributed by atoms with van der Waals surface area (Å²) in [5.41, 5.74) is 1.85. The van der Waals surface area contributed by atoms with Crippen LogP contribution in [0.25, 0.3) is 11.3 Å². The Labute approximate surface area is 179 Å². The first-order chi connectivity index (χ1) is 14.7. The van der Waals surface area contributed by atoms with Crippen molar-refractivity contribution in [3.63, 3.8) is 0 Å². The number of benzene rings is 1. The van der Waals surface area contributed by atoms with Gasteiger partial charge in [0.05, 0.1) is 19.0 Å². The van der Waals surface area contributed by atoms with Gasteiger partial charge in [0, 0.05) is 42.4 Å². The maximum absolute atomic E-state index is 12.9. The van der Waals surface area contributed by atoms with E-state index in [0.29, 0.717) is 36.2 Å². The van der Waals surface area contributed by atoms with E-state index < -0.39 is 0 Å². The van der Waals surface area contributed by atoms with Crippen molar-refractivity contribution >= 4 is 17.5 Å². The molecular weight excluding hydrogens is 402 g/mol. The van der Waals surface area contributed by atoms with Crippen LogP contribution >= 0.6 is 11.6 Å². The Morgan fingerprint density at radius 1 is 1.03 bits per heavy atom. The van der Waals surface area contributed by atoms with E-state index in [4.69, 9.17) is 20.4 Å². The summed E-state index contributed by atoms with van der Waals surface area (Å²) in [5.74, 6) is 1.89. The standard InChI is InChI=1S/C23H20ClN3O3/c24-19-7-5-18(6-8-19)21-14-26-22(30-21)9-10-23(28)27(16-20-4-2-12-29-20)15-17-3-1-11-25-13-17/h1-8,11-14H,9-10,15-16H2. The third-order valence-corrected chi connectivity index (χ3v) is 4.86. The van der Waals surface area contributed by atoms with E-state index in [2.05, 4.69) is 9.97 Å². The van der Waals surface area contributed by atoms with Crippen molar-refractivity contribution < 1.29 is 13.6 Å². The Morgan fingerprint density at radius 2 is 1.90 bits per heavy atom. The van der Waals surface area contributed by atoms with Gasteiger partial charge in [-0.15, -0.1) is 0 Å². The minimum atomic E-state index is -0.0125. The first-order valence-electron chi connectivity index (χ1n) is 9.57. The van der Waals surface area contributed by atoms with Crippen molar-refractivity contribution in [1.82, 2.24) is 14.9 Å². The fraction of sp³-hybridized carbons (Fsp3) is 0.174. The Bertz CT molecular complexity index is 1080. The van der Waals surface area contributed by atoms with Crippen molar-refractivity contribution in [3.8, 4) is 11.3 Å². The molecular formula is C23H20ClN3O3. The highest BCUT2D eigenvalue weighted by Crippen LogP contribution is 2.23. The topological polar surface area (TPSA) is 72.4 Å². The summed E-state index contributed by atoms with van der Waals surface area (Å²) in [6, 6.07) is 14.8. The monoisotopic (exact) mass is 421 g/mol. The van der Waals surface area contributed by atoms with Gasteiger partial charge in [0.15, 0.2) is 11.7 Å². The minimum Gasteiger partial charge on any atom is -0.467 e. The number of aryl methyl sites for hydroxylation is 1. The zero-order valence-electron chi connectivity index (χ0n) is 16.2. The summed E-state index contributed by atoms with van der Waals surface area (Å²) in [7, 11) is 0. The minimum absolute atomic E-state index is 0.0125. The van der Waals surface area contributed by atoms with Crippen LogP contribution in [0, 0.1) is 0 Å². The predicted octanol–water partition coefficient (Wildman–Crippen LogP) is 5.14. The van der Waals surface area contributed by atoms with Gasteiger partial charge in [-0.1, -0.05) is 17.7 Å². The molecule has 4 rings (SSSR count). The molecule has 0 aliphatic heterocycles. The second-order valence-electron chi connectivity index (χ2n) is 6.82. The molecule has 0 bridgehead atoms. The number of aromatic nitrogens is 2. The third-order valence-electron chi connectivity index (χ3n) is 4.61. The van der Waals surface area contributed by atoms with Gasteiger partial charge in [-0.2, -0.15) is 0 Å². The van der Waals surface area contributed by atoms with Gasteiger partial charge in [0.2, 0.25) is 5.91 Å². The lowest BCUT2D eigenvalue weighted by atomic mass is 10.2. The molecule has 4 aromatic rings. The van der Waals surface area contributed by atoms with E-state index >= 15 is 0 Å². The number of pyridine rings is 1. The quantitative estimate of drug-likeness (QED) is 0.393. The molecule has 0 N–H and O–H groups in total. The van der Waals surface area contributed by atoms with E-state index in [1.54, 1.807) is 41.9 Å². The molecule has 3 aromatic heterocycles. The van der Waals surface area contributed by atoms with Gasteiger partial charge >= 0.3 is 0 Å². The van der Waals surface area contributed by atoms with E-state index in [-0.39, 0.29) is 12.3 Å². The Balaban J connectivity index is 1.41. The maximum atomic E-state index is 12.9. The van der Waals surface area contributed by atoms with Crippen molar-refractivity contribution in [2.45, 2.75) is 25.9 Å². The average Bonchev–Trinajstić information content (AvgIpc) is 3.45.